The van der Waals surface area contributed by atoms with Gasteiger partial charge in [0.1, 0.15) is 12.2 Å². The van der Waals surface area contributed by atoms with Crippen molar-refractivity contribution in [3.8, 4) is 0 Å². The number of hydrogen-bond donors (Lipinski definition) is 2. The van der Waals surface area contributed by atoms with Crippen LogP contribution in [0.25, 0.3) is 0 Å². The average molecular weight is 335 g/mol. The van der Waals surface area contributed by atoms with E-state index in [1.165, 1.54) is 12.7 Å². The van der Waals surface area contributed by atoms with Crippen molar-refractivity contribution in [2.24, 2.45) is 11.3 Å². The highest BCUT2D eigenvalue weighted by Crippen LogP contribution is 2.40. The predicted octanol–water partition coefficient (Wildman–Crippen LogP) is 3.94. The van der Waals surface area contributed by atoms with Gasteiger partial charge in [-0.05, 0) is 43.9 Å². The van der Waals surface area contributed by atoms with Crippen molar-refractivity contribution < 1.29 is 19.1 Å². The molecule has 0 aliphatic heterocycles. The average Bonchev–Trinajstić information content (AvgIpc) is 2.87. The summed E-state index contributed by atoms with van der Waals surface area (Å²) >= 11 is 0. The van der Waals surface area contributed by atoms with Gasteiger partial charge in [0, 0.05) is 11.6 Å². The second-order valence-corrected chi connectivity index (χ2v) is 7.65. The maximum absolute atomic E-state index is 12.6. The van der Waals surface area contributed by atoms with Gasteiger partial charge in [-0.25, -0.2) is 0 Å². The number of carbonyl (C=O) groups excluding carboxylic acids is 1. The summed E-state index contributed by atoms with van der Waals surface area (Å²) in [6.07, 6.45) is 6.55. The van der Waals surface area contributed by atoms with Crippen LogP contribution in [-0.4, -0.2) is 23.0 Å². The lowest BCUT2D eigenvalue weighted by Crippen LogP contribution is -2.40. The fourth-order valence-corrected chi connectivity index (χ4v) is 3.64. The van der Waals surface area contributed by atoms with E-state index in [2.05, 4.69) is 26.1 Å². The minimum absolute atomic E-state index is 0.161. The van der Waals surface area contributed by atoms with Crippen LogP contribution >= 0.6 is 0 Å². The molecule has 1 heterocycles. The molecule has 1 aliphatic rings. The Labute approximate surface area is 143 Å². The lowest BCUT2D eigenvalue weighted by atomic mass is 9.69. The van der Waals surface area contributed by atoms with Crippen LogP contribution in [-0.2, 0) is 11.2 Å². The Morgan fingerprint density at radius 1 is 1.29 bits per heavy atom. The molecule has 0 bridgehead atoms. The number of nitrogens with one attached hydrogen (secondary N) is 1. The highest BCUT2D eigenvalue weighted by Gasteiger charge is 2.32. The number of rotatable bonds is 6. The van der Waals surface area contributed by atoms with Crippen LogP contribution in [0.4, 0.5) is 0 Å². The van der Waals surface area contributed by atoms with Crippen LogP contribution < -0.4 is 5.32 Å². The molecule has 0 unspecified atom stereocenters. The van der Waals surface area contributed by atoms with Gasteiger partial charge in [0.05, 0.1) is 11.8 Å². The van der Waals surface area contributed by atoms with Gasteiger partial charge in [-0.15, -0.1) is 0 Å². The standard InChI is InChI=1S/C19H29NO4/c1-5-19(3,4)13-6-8-14(9-7-13)20-18(23)17-12(2)11-24-15(17)10-16(21)22/h11,13-14H,5-10H2,1-4H3,(H,20,23)(H,21,22). The fraction of sp³-hybridized carbons (Fsp3) is 0.684. The molecule has 1 aromatic rings. The van der Waals surface area contributed by atoms with Crippen molar-refractivity contribution in [1.82, 2.24) is 5.32 Å². The molecular formula is C19H29NO4. The molecule has 0 aromatic carbocycles. The minimum Gasteiger partial charge on any atom is -0.481 e. The molecule has 1 amide bonds. The van der Waals surface area contributed by atoms with Gasteiger partial charge in [0.15, 0.2) is 0 Å². The maximum atomic E-state index is 12.6. The summed E-state index contributed by atoms with van der Waals surface area (Å²) in [4.78, 5) is 23.5. The van der Waals surface area contributed by atoms with Gasteiger partial charge in [0.2, 0.25) is 0 Å². The zero-order valence-electron chi connectivity index (χ0n) is 15.1. The fourth-order valence-electron chi connectivity index (χ4n) is 3.64. The summed E-state index contributed by atoms with van der Waals surface area (Å²) in [5, 5.41) is 12.0. The number of carboxylic acids is 1. The largest absolute Gasteiger partial charge is 0.481 e. The van der Waals surface area contributed by atoms with Crippen LogP contribution in [0.15, 0.2) is 10.7 Å². The van der Waals surface area contributed by atoms with Crippen LogP contribution in [0.2, 0.25) is 0 Å². The molecule has 1 fully saturated rings. The normalized spacial score (nSPS) is 21.5. The van der Waals surface area contributed by atoms with Gasteiger partial charge in [-0.3, -0.25) is 9.59 Å². The van der Waals surface area contributed by atoms with Crippen molar-refractivity contribution in [3.05, 3.63) is 23.2 Å². The summed E-state index contributed by atoms with van der Waals surface area (Å²) in [6, 6.07) is 0.161. The Hall–Kier alpha value is -1.78. The number of furan rings is 1. The summed E-state index contributed by atoms with van der Waals surface area (Å²) in [7, 11) is 0. The number of aryl methyl sites for hydroxylation is 1. The van der Waals surface area contributed by atoms with Crippen molar-refractivity contribution in [3.63, 3.8) is 0 Å². The van der Waals surface area contributed by atoms with E-state index in [0.29, 0.717) is 22.5 Å². The zero-order valence-corrected chi connectivity index (χ0v) is 15.1. The van der Waals surface area contributed by atoms with Crippen molar-refractivity contribution >= 4 is 11.9 Å². The predicted molar refractivity (Wildman–Crippen MR) is 92.1 cm³/mol. The van der Waals surface area contributed by atoms with Gasteiger partial charge in [-0.1, -0.05) is 27.2 Å². The lowest BCUT2D eigenvalue weighted by molar-refractivity contribution is -0.136. The molecule has 1 aliphatic carbocycles. The highest BCUT2D eigenvalue weighted by atomic mass is 16.4. The second-order valence-electron chi connectivity index (χ2n) is 7.65. The molecule has 0 radical (unpaired) electrons. The Balaban J connectivity index is 1.97. The van der Waals surface area contributed by atoms with Gasteiger partial charge >= 0.3 is 5.97 Å². The van der Waals surface area contributed by atoms with Crippen molar-refractivity contribution in [2.75, 3.05) is 0 Å². The van der Waals surface area contributed by atoms with Crippen LogP contribution in [0, 0.1) is 18.3 Å². The zero-order chi connectivity index (χ0) is 17.9. The van der Waals surface area contributed by atoms with Crippen molar-refractivity contribution in [2.45, 2.75) is 72.3 Å². The quantitative estimate of drug-likeness (QED) is 0.825. The highest BCUT2D eigenvalue weighted by molar-refractivity contribution is 5.97. The maximum Gasteiger partial charge on any atom is 0.311 e. The Kier molecular flexibility index (Phi) is 5.73. The summed E-state index contributed by atoms with van der Waals surface area (Å²) in [5.41, 5.74) is 1.42. The molecule has 5 nitrogen and oxygen atoms in total. The number of carboxylic acid groups (broad SMARTS) is 1. The summed E-state index contributed by atoms with van der Waals surface area (Å²) in [5.74, 6) is -0.274. The van der Waals surface area contributed by atoms with Gasteiger partial charge in [-0.2, -0.15) is 0 Å². The monoisotopic (exact) mass is 335 g/mol. The molecule has 1 saturated carbocycles. The van der Waals surface area contributed by atoms with E-state index in [9.17, 15) is 9.59 Å². The molecule has 134 valence electrons. The molecular weight excluding hydrogens is 306 g/mol. The Morgan fingerprint density at radius 2 is 1.92 bits per heavy atom. The number of carbonyl (C=O) groups is 2. The van der Waals surface area contributed by atoms with Crippen LogP contribution in [0.1, 0.15) is 74.6 Å². The van der Waals surface area contributed by atoms with E-state index in [1.54, 1.807) is 6.92 Å². The summed E-state index contributed by atoms with van der Waals surface area (Å²) in [6.45, 7) is 8.65. The van der Waals surface area contributed by atoms with Crippen LogP contribution in [0.5, 0.6) is 0 Å². The first-order valence-electron chi connectivity index (χ1n) is 8.84. The third-order valence-corrected chi connectivity index (χ3v) is 5.67. The minimum atomic E-state index is -0.999. The number of hydrogen-bond acceptors (Lipinski definition) is 3. The van der Waals surface area contributed by atoms with E-state index >= 15 is 0 Å². The number of amides is 1. The van der Waals surface area contributed by atoms with E-state index in [0.717, 1.165) is 25.7 Å². The molecule has 2 N–H and O–H groups in total. The van der Waals surface area contributed by atoms with Crippen LogP contribution in [0.3, 0.4) is 0 Å². The number of aliphatic carboxylic acids is 1. The third-order valence-electron chi connectivity index (χ3n) is 5.67. The molecule has 0 saturated heterocycles. The van der Waals surface area contributed by atoms with E-state index in [4.69, 9.17) is 9.52 Å². The molecule has 2 rings (SSSR count). The summed E-state index contributed by atoms with van der Waals surface area (Å²) < 4.78 is 5.25. The van der Waals surface area contributed by atoms with E-state index in [-0.39, 0.29) is 24.1 Å². The van der Waals surface area contributed by atoms with Crippen molar-refractivity contribution in [1.29, 1.82) is 0 Å². The van der Waals surface area contributed by atoms with E-state index in [1.807, 2.05) is 0 Å². The Bertz CT molecular complexity index is 595. The van der Waals surface area contributed by atoms with E-state index < -0.39 is 5.97 Å². The first-order chi connectivity index (χ1) is 11.2. The van der Waals surface area contributed by atoms with Gasteiger partial charge in [0.25, 0.3) is 5.91 Å². The smallest absolute Gasteiger partial charge is 0.311 e. The molecule has 5 heteroatoms. The lowest BCUT2D eigenvalue weighted by Gasteiger charge is -2.39. The first kappa shape index (κ1) is 18.6. The third kappa shape index (κ3) is 4.19. The SMILES string of the molecule is CCC(C)(C)C1CCC(NC(=O)c2c(C)coc2CC(=O)O)CC1. The molecule has 24 heavy (non-hydrogen) atoms. The topological polar surface area (TPSA) is 79.5 Å². The van der Waals surface area contributed by atoms with Gasteiger partial charge < -0.3 is 14.8 Å². The molecule has 1 aromatic heterocycles. The first-order valence-corrected chi connectivity index (χ1v) is 8.84. The Morgan fingerprint density at radius 3 is 2.46 bits per heavy atom. The molecule has 0 spiro atoms. The molecule has 0 atom stereocenters. The second kappa shape index (κ2) is 7.41.